The fraction of sp³-hybridized carbons (Fsp3) is 0.389. The number of carbonyl (C=O) groups excluding carboxylic acids is 1. The number of hydrogen-bond acceptors (Lipinski definition) is 4. The van der Waals surface area contributed by atoms with Gasteiger partial charge in [0.25, 0.3) is 5.91 Å². The van der Waals surface area contributed by atoms with Crippen LogP contribution in [-0.2, 0) is 18.2 Å². The fourth-order valence-corrected chi connectivity index (χ4v) is 3.18. The lowest BCUT2D eigenvalue weighted by Gasteiger charge is -2.28. The maximum atomic E-state index is 12.9. The van der Waals surface area contributed by atoms with Crippen molar-refractivity contribution >= 4 is 5.91 Å². The highest BCUT2D eigenvalue weighted by Crippen LogP contribution is 2.26. The van der Waals surface area contributed by atoms with E-state index in [1.54, 1.807) is 35.3 Å². The van der Waals surface area contributed by atoms with Crippen molar-refractivity contribution in [1.29, 1.82) is 0 Å². The summed E-state index contributed by atoms with van der Waals surface area (Å²) in [7, 11) is 1.89. The van der Waals surface area contributed by atoms with E-state index in [0.29, 0.717) is 18.7 Å². The molecule has 3 heterocycles. The van der Waals surface area contributed by atoms with E-state index in [9.17, 15) is 4.79 Å². The third kappa shape index (κ3) is 3.54. The normalized spacial score (nSPS) is 20.3. The van der Waals surface area contributed by atoms with Gasteiger partial charge < -0.3 is 9.64 Å². The monoisotopic (exact) mass is 326 g/mol. The average Bonchev–Trinajstić information content (AvgIpc) is 3.20. The molecule has 0 aliphatic carbocycles. The summed E-state index contributed by atoms with van der Waals surface area (Å²) in [5.74, 6) is 0.0241. The maximum Gasteiger partial charge on any atom is 0.254 e. The summed E-state index contributed by atoms with van der Waals surface area (Å²) in [5, 5.41) is 4.22. The molecule has 1 amide bonds. The molecule has 1 saturated heterocycles. The average molecular weight is 326 g/mol. The summed E-state index contributed by atoms with van der Waals surface area (Å²) in [6.07, 6.45) is 10.4. The van der Waals surface area contributed by atoms with Gasteiger partial charge in [0.1, 0.15) is 0 Å². The maximum absolute atomic E-state index is 12.9. The highest BCUT2D eigenvalue weighted by molar-refractivity contribution is 5.94. The lowest BCUT2D eigenvalue weighted by molar-refractivity contribution is 0.0380. The molecular weight excluding hydrogens is 304 g/mol. The molecule has 0 spiro atoms. The summed E-state index contributed by atoms with van der Waals surface area (Å²) in [5.41, 5.74) is 1.76. The largest absolute Gasteiger partial charge is 0.372 e. The number of likely N-dealkylation sites (tertiary alicyclic amines) is 1. The van der Waals surface area contributed by atoms with E-state index in [4.69, 9.17) is 4.74 Å². The molecular formula is C18H22N4O2. The van der Waals surface area contributed by atoms with Gasteiger partial charge in [-0.25, -0.2) is 0 Å². The number of hydrogen-bond donors (Lipinski definition) is 0. The van der Waals surface area contributed by atoms with E-state index in [1.165, 1.54) is 0 Å². The van der Waals surface area contributed by atoms with Gasteiger partial charge in [0, 0.05) is 37.7 Å². The van der Waals surface area contributed by atoms with Gasteiger partial charge in [-0.2, -0.15) is 5.10 Å². The van der Waals surface area contributed by atoms with Crippen LogP contribution in [0.4, 0.5) is 0 Å². The van der Waals surface area contributed by atoms with Crippen molar-refractivity contribution in [2.45, 2.75) is 25.0 Å². The van der Waals surface area contributed by atoms with Crippen molar-refractivity contribution in [2.75, 3.05) is 13.2 Å². The summed E-state index contributed by atoms with van der Waals surface area (Å²) in [6, 6.07) is 3.50. The van der Waals surface area contributed by atoms with Crippen LogP contribution in [0.1, 0.15) is 22.3 Å². The first-order valence-corrected chi connectivity index (χ1v) is 8.10. The number of rotatable bonds is 6. The van der Waals surface area contributed by atoms with Crippen molar-refractivity contribution < 1.29 is 9.53 Å². The molecule has 0 N–H and O–H groups in total. The minimum absolute atomic E-state index is 0.00480. The summed E-state index contributed by atoms with van der Waals surface area (Å²) in [6.45, 7) is 4.89. The minimum atomic E-state index is -0.00480. The van der Waals surface area contributed by atoms with Gasteiger partial charge >= 0.3 is 0 Å². The van der Waals surface area contributed by atoms with Gasteiger partial charge in [-0.1, -0.05) is 6.08 Å². The van der Waals surface area contributed by atoms with Gasteiger partial charge in [-0.3, -0.25) is 14.5 Å². The van der Waals surface area contributed by atoms with Crippen molar-refractivity contribution in [3.05, 3.63) is 60.7 Å². The predicted octanol–water partition coefficient (Wildman–Crippen LogP) is 1.84. The second-order valence-corrected chi connectivity index (χ2v) is 5.98. The Kier molecular flexibility index (Phi) is 5.05. The van der Waals surface area contributed by atoms with Crippen LogP contribution in [0.5, 0.6) is 0 Å². The highest BCUT2D eigenvalue weighted by atomic mass is 16.5. The molecule has 6 nitrogen and oxygen atoms in total. The minimum Gasteiger partial charge on any atom is -0.372 e. The van der Waals surface area contributed by atoms with Crippen molar-refractivity contribution in [2.24, 2.45) is 7.05 Å². The molecule has 1 fully saturated rings. The first-order valence-electron chi connectivity index (χ1n) is 8.10. The van der Waals surface area contributed by atoms with Crippen molar-refractivity contribution in [3.63, 3.8) is 0 Å². The third-order valence-electron chi connectivity index (χ3n) is 4.30. The van der Waals surface area contributed by atoms with Crippen LogP contribution < -0.4 is 0 Å². The molecule has 0 radical (unpaired) electrons. The predicted molar refractivity (Wildman–Crippen MR) is 90.5 cm³/mol. The van der Waals surface area contributed by atoms with Crippen LogP contribution in [0.3, 0.4) is 0 Å². The number of pyridine rings is 1. The molecule has 0 unspecified atom stereocenters. The number of aryl methyl sites for hydroxylation is 1. The Morgan fingerprint density at radius 2 is 2.25 bits per heavy atom. The molecule has 2 atom stereocenters. The van der Waals surface area contributed by atoms with Crippen molar-refractivity contribution in [1.82, 2.24) is 19.7 Å². The Labute approximate surface area is 141 Å². The zero-order chi connectivity index (χ0) is 16.9. The third-order valence-corrected chi connectivity index (χ3v) is 4.30. The number of amides is 1. The number of nitrogens with zero attached hydrogens (tertiary/aromatic N) is 4. The number of carbonyl (C=O) groups is 1. The van der Waals surface area contributed by atoms with Gasteiger partial charge in [-0.15, -0.1) is 6.58 Å². The Morgan fingerprint density at radius 1 is 1.46 bits per heavy atom. The highest BCUT2D eigenvalue weighted by Gasteiger charge is 2.38. The molecule has 126 valence electrons. The van der Waals surface area contributed by atoms with Gasteiger partial charge in [0.15, 0.2) is 0 Å². The first-order chi connectivity index (χ1) is 11.7. The molecule has 0 saturated carbocycles. The van der Waals surface area contributed by atoms with E-state index in [-0.39, 0.29) is 18.1 Å². The zero-order valence-electron chi connectivity index (χ0n) is 13.8. The quantitative estimate of drug-likeness (QED) is 0.760. The van der Waals surface area contributed by atoms with Crippen LogP contribution in [0, 0.1) is 0 Å². The Balaban J connectivity index is 1.80. The van der Waals surface area contributed by atoms with Crippen LogP contribution in [0.2, 0.25) is 0 Å². The topological polar surface area (TPSA) is 60.2 Å². The smallest absolute Gasteiger partial charge is 0.254 e. The molecule has 1 aliphatic rings. The Morgan fingerprint density at radius 3 is 2.92 bits per heavy atom. The summed E-state index contributed by atoms with van der Waals surface area (Å²) >= 11 is 0. The molecule has 2 aromatic heterocycles. The molecule has 3 rings (SSSR count). The second kappa shape index (κ2) is 7.40. The second-order valence-electron chi connectivity index (χ2n) is 5.98. The molecule has 0 aromatic carbocycles. The number of ether oxygens (including phenoxy) is 1. The van der Waals surface area contributed by atoms with Gasteiger partial charge in [0.2, 0.25) is 0 Å². The molecule has 1 aliphatic heterocycles. The number of aromatic nitrogens is 3. The first kappa shape index (κ1) is 16.4. The Bertz CT molecular complexity index is 698. The van der Waals surface area contributed by atoms with Crippen LogP contribution in [-0.4, -0.2) is 50.9 Å². The lowest BCUT2D eigenvalue weighted by atomic mass is 10.0. The van der Waals surface area contributed by atoms with E-state index < -0.39 is 0 Å². The van der Waals surface area contributed by atoms with Crippen LogP contribution in [0.25, 0.3) is 0 Å². The zero-order valence-corrected chi connectivity index (χ0v) is 13.8. The van der Waals surface area contributed by atoms with E-state index >= 15 is 0 Å². The van der Waals surface area contributed by atoms with E-state index in [2.05, 4.69) is 16.7 Å². The summed E-state index contributed by atoms with van der Waals surface area (Å²) in [4.78, 5) is 18.8. The lowest BCUT2D eigenvalue weighted by Crippen LogP contribution is -2.42. The van der Waals surface area contributed by atoms with E-state index in [0.717, 1.165) is 18.4 Å². The van der Waals surface area contributed by atoms with Crippen LogP contribution >= 0.6 is 0 Å². The Hall–Kier alpha value is -2.47. The summed E-state index contributed by atoms with van der Waals surface area (Å²) < 4.78 is 7.69. The standard InChI is InChI=1S/C18H22N4O2/c1-3-10-24-17-6-9-22(18(23)15-4-7-19-8-5-15)16(17)11-14-12-20-21(2)13-14/h3-5,7-8,12-13,16-17H,1,6,9-11H2,2H3/t16-,17-/m1/s1. The van der Waals surface area contributed by atoms with Gasteiger partial charge in [-0.05, 0) is 30.5 Å². The molecule has 6 heteroatoms. The molecule has 0 bridgehead atoms. The molecule has 24 heavy (non-hydrogen) atoms. The molecule has 2 aromatic rings. The SMILES string of the molecule is C=CCO[C@@H]1CCN(C(=O)c2ccncc2)[C@@H]1Cc1cnn(C)c1. The van der Waals surface area contributed by atoms with Crippen molar-refractivity contribution in [3.8, 4) is 0 Å². The van der Waals surface area contributed by atoms with Crippen LogP contribution in [0.15, 0.2) is 49.6 Å². The van der Waals surface area contributed by atoms with E-state index in [1.807, 2.05) is 24.3 Å². The van der Waals surface area contributed by atoms with Gasteiger partial charge in [0.05, 0.1) is 24.9 Å². The fourth-order valence-electron chi connectivity index (χ4n) is 3.18.